The smallest absolute Gasteiger partial charge is 0.330 e. The van der Waals surface area contributed by atoms with E-state index in [1.807, 2.05) is 23.1 Å². The van der Waals surface area contributed by atoms with E-state index in [2.05, 4.69) is 16.3 Å². The Morgan fingerprint density at radius 1 is 0.957 bits per heavy atom. The standard InChI is InChI=1S/C34H34Cl2N6O5/c1-19(43)41-13-15-42(16-14-41)27-12-11-20-17-26(38-32(47-4)28(20)27)23-9-5-7-21(29(23)35)22-8-6-10-25(30(22)36)37-31(44)24-18-39(2)34(46)40(3)33(24)45/h5-10,17-18,27H,11-16H2,1-4H3,(H,37,44)/t27-/m0/s1. The van der Waals surface area contributed by atoms with Crippen molar-refractivity contribution in [3.8, 4) is 28.3 Å². The number of carbonyl (C=O) groups is 2. The summed E-state index contributed by atoms with van der Waals surface area (Å²) in [6.07, 6.45) is 3.00. The zero-order valence-electron chi connectivity index (χ0n) is 26.5. The average molecular weight is 678 g/mol. The molecule has 0 spiro atoms. The van der Waals surface area contributed by atoms with Gasteiger partial charge in [0.15, 0.2) is 0 Å². The highest BCUT2D eigenvalue weighted by Gasteiger charge is 2.34. The number of pyridine rings is 1. The molecule has 11 nitrogen and oxygen atoms in total. The van der Waals surface area contributed by atoms with Gasteiger partial charge in [-0.1, -0.05) is 53.5 Å². The number of nitrogens with one attached hydrogen (secondary N) is 1. The number of hydrogen-bond acceptors (Lipinski definition) is 7. The van der Waals surface area contributed by atoms with E-state index in [0.29, 0.717) is 46.4 Å². The largest absolute Gasteiger partial charge is 0.481 e. The molecule has 4 aromatic rings. The Bertz CT molecular complexity index is 2030. The molecular formula is C34H34Cl2N6O5. The maximum Gasteiger partial charge on any atom is 0.330 e. The fraction of sp³-hybridized carbons (Fsp3) is 0.324. The van der Waals surface area contributed by atoms with Crippen LogP contribution in [0.4, 0.5) is 5.69 Å². The minimum Gasteiger partial charge on any atom is -0.481 e. The Morgan fingerprint density at radius 2 is 1.62 bits per heavy atom. The topological polar surface area (TPSA) is 119 Å². The number of ether oxygens (including phenoxy) is 1. The Labute approximate surface area is 281 Å². The summed E-state index contributed by atoms with van der Waals surface area (Å²) in [5.74, 6) is -0.0399. The van der Waals surface area contributed by atoms with Crippen LogP contribution >= 0.6 is 23.2 Å². The second-order valence-corrected chi connectivity index (χ2v) is 12.5. The van der Waals surface area contributed by atoms with E-state index in [4.69, 9.17) is 32.9 Å². The zero-order chi connectivity index (χ0) is 33.6. The minimum absolute atomic E-state index is 0.102. The van der Waals surface area contributed by atoms with Crippen LogP contribution in [0.3, 0.4) is 0 Å². The van der Waals surface area contributed by atoms with E-state index in [-0.39, 0.29) is 28.2 Å². The normalized spacial score (nSPS) is 16.2. The monoisotopic (exact) mass is 676 g/mol. The summed E-state index contributed by atoms with van der Waals surface area (Å²) < 4.78 is 7.88. The highest BCUT2D eigenvalue weighted by Crippen LogP contribution is 2.45. The molecule has 3 heterocycles. The van der Waals surface area contributed by atoms with Gasteiger partial charge in [0.05, 0.1) is 28.5 Å². The number of benzene rings is 2. The molecule has 1 atom stereocenters. The summed E-state index contributed by atoms with van der Waals surface area (Å²) in [5, 5.41) is 3.36. The van der Waals surface area contributed by atoms with Crippen molar-refractivity contribution in [2.75, 3.05) is 38.6 Å². The molecule has 13 heteroatoms. The van der Waals surface area contributed by atoms with Crippen molar-refractivity contribution < 1.29 is 14.3 Å². The fourth-order valence-electron chi connectivity index (χ4n) is 6.52. The summed E-state index contributed by atoms with van der Waals surface area (Å²) >= 11 is 13.9. The zero-order valence-corrected chi connectivity index (χ0v) is 28.0. The van der Waals surface area contributed by atoms with Crippen LogP contribution in [0.1, 0.15) is 40.9 Å². The molecule has 244 valence electrons. The summed E-state index contributed by atoms with van der Waals surface area (Å²) in [4.78, 5) is 58.8. The molecule has 0 unspecified atom stereocenters. The number of anilines is 1. The second-order valence-electron chi connectivity index (χ2n) is 11.8. The van der Waals surface area contributed by atoms with E-state index in [1.54, 1.807) is 32.2 Å². The third-order valence-electron chi connectivity index (χ3n) is 9.03. The molecule has 6 rings (SSSR count). The first kappa shape index (κ1) is 32.5. The van der Waals surface area contributed by atoms with Gasteiger partial charge in [0.1, 0.15) is 5.56 Å². The van der Waals surface area contributed by atoms with Gasteiger partial charge in [0.25, 0.3) is 11.5 Å². The lowest BCUT2D eigenvalue weighted by Crippen LogP contribution is -2.48. The van der Waals surface area contributed by atoms with E-state index in [9.17, 15) is 19.2 Å². The number of hydrogen-bond donors (Lipinski definition) is 1. The van der Waals surface area contributed by atoms with Gasteiger partial charge in [-0.3, -0.25) is 23.9 Å². The molecule has 0 radical (unpaired) electrons. The van der Waals surface area contributed by atoms with E-state index in [1.165, 1.54) is 24.9 Å². The summed E-state index contributed by atoms with van der Waals surface area (Å²) in [6, 6.07) is 13.0. The quantitative estimate of drug-likeness (QED) is 0.319. The summed E-state index contributed by atoms with van der Waals surface area (Å²) in [6.45, 7) is 4.61. The summed E-state index contributed by atoms with van der Waals surface area (Å²) in [5.41, 5.74) is 3.62. The van der Waals surface area contributed by atoms with Gasteiger partial charge in [-0.15, -0.1) is 0 Å². The van der Waals surface area contributed by atoms with Crippen molar-refractivity contribution in [3.63, 3.8) is 0 Å². The third-order valence-corrected chi connectivity index (χ3v) is 9.84. The Morgan fingerprint density at radius 3 is 2.30 bits per heavy atom. The van der Waals surface area contributed by atoms with Crippen molar-refractivity contribution >= 4 is 40.7 Å². The van der Waals surface area contributed by atoms with Gasteiger partial charge in [-0.2, -0.15) is 0 Å². The first-order valence-electron chi connectivity index (χ1n) is 15.2. The lowest BCUT2D eigenvalue weighted by atomic mass is 9.99. The maximum absolute atomic E-state index is 13.1. The molecule has 2 aromatic heterocycles. The van der Waals surface area contributed by atoms with Gasteiger partial charge in [-0.25, -0.2) is 9.78 Å². The third kappa shape index (κ3) is 5.95. The van der Waals surface area contributed by atoms with Crippen LogP contribution < -0.4 is 21.3 Å². The fourth-order valence-corrected chi connectivity index (χ4v) is 7.12. The van der Waals surface area contributed by atoms with Gasteiger partial charge in [0, 0.05) is 81.7 Å². The predicted octanol–water partition coefficient (Wildman–Crippen LogP) is 4.53. The van der Waals surface area contributed by atoms with E-state index < -0.39 is 17.2 Å². The number of nitrogens with zero attached hydrogens (tertiary/aromatic N) is 5. The second kappa shape index (κ2) is 13.0. The van der Waals surface area contributed by atoms with Gasteiger partial charge < -0.3 is 19.5 Å². The van der Waals surface area contributed by atoms with Crippen molar-refractivity contribution in [2.45, 2.75) is 25.8 Å². The van der Waals surface area contributed by atoms with Crippen molar-refractivity contribution in [2.24, 2.45) is 14.1 Å². The lowest BCUT2D eigenvalue weighted by Gasteiger charge is -2.38. The molecule has 1 aliphatic heterocycles. The minimum atomic E-state index is -0.715. The molecule has 2 aromatic carbocycles. The maximum atomic E-state index is 13.1. The van der Waals surface area contributed by atoms with Gasteiger partial charge in [0.2, 0.25) is 11.8 Å². The SMILES string of the molecule is COc1nc(-c2cccc(-c3cccc(NC(=O)c4cn(C)c(=O)n(C)c4=O)c3Cl)c2Cl)cc2c1[C@@H](N1CCN(C(C)=O)CC1)CC2. The Balaban J connectivity index is 1.31. The summed E-state index contributed by atoms with van der Waals surface area (Å²) in [7, 11) is 4.40. The number of fused-ring (bicyclic) bond motifs is 1. The molecular weight excluding hydrogens is 643 g/mol. The number of rotatable bonds is 6. The number of methoxy groups -OCH3 is 1. The van der Waals surface area contributed by atoms with E-state index in [0.717, 1.165) is 41.6 Å². The molecule has 0 saturated carbocycles. The lowest BCUT2D eigenvalue weighted by molar-refractivity contribution is -0.130. The molecule has 1 aliphatic carbocycles. The average Bonchev–Trinajstić information content (AvgIpc) is 3.50. The number of piperazine rings is 1. The first-order chi connectivity index (χ1) is 22.5. The van der Waals surface area contributed by atoms with Crippen molar-refractivity contribution in [1.29, 1.82) is 0 Å². The molecule has 1 saturated heterocycles. The van der Waals surface area contributed by atoms with Crippen LogP contribution in [0.15, 0.2) is 58.3 Å². The van der Waals surface area contributed by atoms with Crippen LogP contribution in [0.5, 0.6) is 5.88 Å². The number of amides is 2. The van der Waals surface area contributed by atoms with Crippen LogP contribution in [-0.4, -0.2) is 69.0 Å². The van der Waals surface area contributed by atoms with Crippen LogP contribution in [0, 0.1) is 0 Å². The number of halogens is 2. The van der Waals surface area contributed by atoms with Crippen LogP contribution in [-0.2, 0) is 25.3 Å². The molecule has 1 N–H and O–H groups in total. The van der Waals surface area contributed by atoms with Crippen molar-refractivity contribution in [3.05, 3.63) is 96.2 Å². The molecule has 2 amide bonds. The highest BCUT2D eigenvalue weighted by molar-refractivity contribution is 6.39. The molecule has 2 aliphatic rings. The number of aromatic nitrogens is 3. The number of aryl methyl sites for hydroxylation is 2. The van der Waals surface area contributed by atoms with Gasteiger partial charge in [-0.05, 0) is 30.5 Å². The van der Waals surface area contributed by atoms with Crippen LogP contribution in [0.25, 0.3) is 22.4 Å². The highest BCUT2D eigenvalue weighted by atomic mass is 35.5. The first-order valence-corrected chi connectivity index (χ1v) is 16.0. The molecule has 0 bridgehead atoms. The van der Waals surface area contributed by atoms with Crippen LogP contribution in [0.2, 0.25) is 10.0 Å². The molecule has 1 fully saturated rings. The Kier molecular flexibility index (Phi) is 8.97. The molecule has 47 heavy (non-hydrogen) atoms. The van der Waals surface area contributed by atoms with Crippen molar-refractivity contribution in [1.82, 2.24) is 23.9 Å². The number of carbonyl (C=O) groups excluding carboxylic acids is 2. The van der Waals surface area contributed by atoms with Gasteiger partial charge >= 0.3 is 5.69 Å². The predicted molar refractivity (Wildman–Crippen MR) is 181 cm³/mol. The van der Waals surface area contributed by atoms with E-state index >= 15 is 0 Å². The Hall–Kier alpha value is -4.45.